The number of H-pyrrole nitrogens is 1. The SMILES string of the molecule is CC1(C)SC2C(N3CNC(c4ccsc4)C3=O)C(=O)N2C1c1nnn[nH]1. The third-order valence-electron chi connectivity index (χ3n) is 5.24. The molecule has 0 saturated carbocycles. The van der Waals surface area contributed by atoms with Crippen LogP contribution in [0.4, 0.5) is 0 Å². The lowest BCUT2D eigenvalue weighted by Crippen LogP contribution is -2.68. The van der Waals surface area contributed by atoms with Crippen LogP contribution in [-0.4, -0.2) is 65.1 Å². The maximum Gasteiger partial charge on any atom is 0.250 e. The molecular formula is C15H17N7O2S2. The second kappa shape index (κ2) is 5.51. The van der Waals surface area contributed by atoms with Gasteiger partial charge >= 0.3 is 0 Å². The Morgan fingerprint density at radius 2 is 2.15 bits per heavy atom. The van der Waals surface area contributed by atoms with Crippen molar-refractivity contribution in [1.29, 1.82) is 0 Å². The number of hydrogen-bond acceptors (Lipinski definition) is 8. The quantitative estimate of drug-likeness (QED) is 0.734. The normalized spacial score (nSPS) is 32.8. The van der Waals surface area contributed by atoms with Crippen molar-refractivity contribution in [2.75, 3.05) is 6.67 Å². The summed E-state index contributed by atoms with van der Waals surface area (Å²) >= 11 is 3.25. The van der Waals surface area contributed by atoms with Crippen LogP contribution in [0.3, 0.4) is 0 Å². The Morgan fingerprint density at radius 3 is 2.85 bits per heavy atom. The van der Waals surface area contributed by atoms with Crippen LogP contribution >= 0.6 is 23.1 Å². The number of aromatic amines is 1. The minimum atomic E-state index is -0.441. The molecule has 9 nitrogen and oxygen atoms in total. The minimum absolute atomic E-state index is 0.0374. The van der Waals surface area contributed by atoms with Crippen molar-refractivity contribution < 1.29 is 9.59 Å². The number of thiophene rings is 1. The molecule has 0 spiro atoms. The van der Waals surface area contributed by atoms with Crippen LogP contribution in [-0.2, 0) is 9.59 Å². The van der Waals surface area contributed by atoms with Crippen molar-refractivity contribution in [1.82, 2.24) is 35.7 Å². The lowest BCUT2D eigenvalue weighted by Gasteiger charge is -2.47. The monoisotopic (exact) mass is 391 g/mol. The molecule has 4 unspecified atom stereocenters. The molecule has 2 amide bonds. The molecule has 0 bridgehead atoms. The highest BCUT2D eigenvalue weighted by Gasteiger charge is 2.65. The van der Waals surface area contributed by atoms with Crippen LogP contribution in [0.2, 0.25) is 0 Å². The smallest absolute Gasteiger partial charge is 0.250 e. The Labute approximate surface area is 157 Å². The van der Waals surface area contributed by atoms with Crippen molar-refractivity contribution in [3.05, 3.63) is 28.2 Å². The zero-order chi connectivity index (χ0) is 18.1. The molecule has 4 atom stereocenters. The highest BCUT2D eigenvalue weighted by Crippen LogP contribution is 2.57. The van der Waals surface area contributed by atoms with Crippen molar-refractivity contribution in [2.45, 2.75) is 42.1 Å². The van der Waals surface area contributed by atoms with Gasteiger partial charge in [0.05, 0.1) is 6.67 Å². The van der Waals surface area contributed by atoms with Crippen LogP contribution in [0.25, 0.3) is 0 Å². The topological polar surface area (TPSA) is 107 Å². The molecule has 3 saturated heterocycles. The van der Waals surface area contributed by atoms with Crippen LogP contribution in [0.5, 0.6) is 0 Å². The maximum atomic E-state index is 13.0. The molecule has 2 N–H and O–H groups in total. The molecular weight excluding hydrogens is 374 g/mol. The van der Waals surface area contributed by atoms with Gasteiger partial charge in [-0.05, 0) is 46.7 Å². The first-order valence-electron chi connectivity index (χ1n) is 8.28. The number of rotatable bonds is 3. The van der Waals surface area contributed by atoms with Crippen molar-refractivity contribution in [3.63, 3.8) is 0 Å². The predicted octanol–water partition coefficient (Wildman–Crippen LogP) is 0.495. The Balaban J connectivity index is 1.40. The second-order valence-corrected chi connectivity index (χ2v) is 9.70. The lowest BCUT2D eigenvalue weighted by atomic mass is 9.94. The van der Waals surface area contributed by atoms with E-state index in [0.29, 0.717) is 12.5 Å². The van der Waals surface area contributed by atoms with Crippen molar-refractivity contribution >= 4 is 34.9 Å². The van der Waals surface area contributed by atoms with E-state index in [1.807, 2.05) is 21.7 Å². The van der Waals surface area contributed by atoms with E-state index in [0.717, 1.165) is 5.56 Å². The average molecular weight is 391 g/mol. The summed E-state index contributed by atoms with van der Waals surface area (Å²) in [6.07, 6.45) is 0. The van der Waals surface area contributed by atoms with Gasteiger partial charge in [0.2, 0.25) is 11.8 Å². The molecule has 0 radical (unpaired) electrons. The van der Waals surface area contributed by atoms with Gasteiger partial charge in [0.15, 0.2) is 5.82 Å². The molecule has 5 heterocycles. The van der Waals surface area contributed by atoms with Crippen LogP contribution < -0.4 is 5.32 Å². The number of thioether (sulfide) groups is 1. The summed E-state index contributed by atoms with van der Waals surface area (Å²) in [4.78, 5) is 29.4. The Hall–Kier alpha value is -1.98. The van der Waals surface area contributed by atoms with Crippen LogP contribution in [0.1, 0.15) is 37.3 Å². The molecule has 5 rings (SSSR count). The molecule has 3 aliphatic rings. The molecule has 3 fully saturated rings. The Kier molecular flexibility index (Phi) is 3.43. The number of hydrogen-bond donors (Lipinski definition) is 2. The minimum Gasteiger partial charge on any atom is -0.314 e. The van der Waals surface area contributed by atoms with E-state index in [1.165, 1.54) is 0 Å². The average Bonchev–Trinajstić information content (AvgIpc) is 3.36. The largest absolute Gasteiger partial charge is 0.314 e. The van der Waals surface area contributed by atoms with E-state index < -0.39 is 6.04 Å². The van der Waals surface area contributed by atoms with E-state index in [-0.39, 0.29) is 34.0 Å². The van der Waals surface area contributed by atoms with E-state index in [4.69, 9.17) is 0 Å². The number of amides is 2. The third kappa shape index (κ3) is 2.10. The van der Waals surface area contributed by atoms with Crippen molar-refractivity contribution in [3.8, 4) is 0 Å². The number of tetrazole rings is 1. The van der Waals surface area contributed by atoms with Crippen molar-refractivity contribution in [2.24, 2.45) is 0 Å². The Morgan fingerprint density at radius 1 is 1.31 bits per heavy atom. The third-order valence-corrected chi connectivity index (χ3v) is 7.50. The molecule has 136 valence electrons. The highest BCUT2D eigenvalue weighted by molar-refractivity contribution is 8.01. The fourth-order valence-electron chi connectivity index (χ4n) is 4.06. The highest BCUT2D eigenvalue weighted by atomic mass is 32.2. The fourth-order valence-corrected chi connectivity index (χ4v) is 6.46. The van der Waals surface area contributed by atoms with E-state index >= 15 is 0 Å². The van der Waals surface area contributed by atoms with E-state index in [2.05, 4.69) is 39.8 Å². The molecule has 26 heavy (non-hydrogen) atoms. The number of carbonyl (C=O) groups excluding carboxylic acids is 2. The fraction of sp³-hybridized carbons (Fsp3) is 0.533. The number of nitrogens with one attached hydrogen (secondary N) is 2. The van der Waals surface area contributed by atoms with Gasteiger partial charge in [-0.15, -0.1) is 16.9 Å². The molecule has 2 aromatic rings. The van der Waals surface area contributed by atoms with Gasteiger partial charge in [0.1, 0.15) is 23.5 Å². The first kappa shape index (κ1) is 16.2. The van der Waals surface area contributed by atoms with Gasteiger partial charge in [0, 0.05) is 4.75 Å². The molecule has 11 heteroatoms. The van der Waals surface area contributed by atoms with Gasteiger partial charge in [-0.25, -0.2) is 5.10 Å². The van der Waals surface area contributed by atoms with E-state index in [9.17, 15) is 9.59 Å². The summed E-state index contributed by atoms with van der Waals surface area (Å²) in [5.74, 6) is 0.499. The summed E-state index contributed by atoms with van der Waals surface area (Å²) in [5.41, 5.74) is 0.955. The second-order valence-electron chi connectivity index (χ2n) is 7.15. The summed E-state index contributed by atoms with van der Waals surface area (Å²) in [7, 11) is 0. The maximum absolute atomic E-state index is 13.0. The number of fused-ring (bicyclic) bond motifs is 1. The molecule has 0 aromatic carbocycles. The van der Waals surface area contributed by atoms with E-state index in [1.54, 1.807) is 28.0 Å². The first-order valence-corrected chi connectivity index (χ1v) is 10.1. The molecule has 0 aliphatic carbocycles. The zero-order valence-corrected chi connectivity index (χ0v) is 15.8. The van der Waals surface area contributed by atoms with Gasteiger partial charge < -0.3 is 9.80 Å². The summed E-state index contributed by atoms with van der Waals surface area (Å²) in [6.45, 7) is 4.53. The first-order chi connectivity index (χ1) is 12.5. The standard InChI is InChI=1S/C15H17N7O2S2/c1-15(2)10(11-17-19-20-18-11)22-13(24)9(14(22)26-15)21-6-16-8(12(21)23)7-3-4-25-5-7/h3-5,8-10,14,16H,6H2,1-2H3,(H,17,18,19,20). The lowest BCUT2D eigenvalue weighted by molar-refractivity contribution is -0.161. The number of β-lactam (4-membered cyclic amide) rings is 1. The number of carbonyl (C=O) groups is 2. The summed E-state index contributed by atoms with van der Waals surface area (Å²) < 4.78 is -0.251. The predicted molar refractivity (Wildman–Crippen MR) is 94.9 cm³/mol. The van der Waals surface area contributed by atoms with Gasteiger partial charge in [-0.3, -0.25) is 14.9 Å². The van der Waals surface area contributed by atoms with Gasteiger partial charge in [-0.2, -0.15) is 11.3 Å². The molecule has 3 aliphatic heterocycles. The van der Waals surface area contributed by atoms with Crippen LogP contribution in [0.15, 0.2) is 16.8 Å². The number of nitrogens with zero attached hydrogens (tertiary/aromatic N) is 5. The zero-order valence-electron chi connectivity index (χ0n) is 14.1. The van der Waals surface area contributed by atoms with Gasteiger partial charge in [0.25, 0.3) is 0 Å². The molecule has 2 aromatic heterocycles. The Bertz CT molecular complexity index is 853. The number of aromatic nitrogens is 4. The van der Waals surface area contributed by atoms with Crippen LogP contribution in [0, 0.1) is 0 Å². The van der Waals surface area contributed by atoms with Gasteiger partial charge in [-0.1, -0.05) is 0 Å². The summed E-state index contributed by atoms with van der Waals surface area (Å²) in [6, 6.07) is 0.911. The summed E-state index contributed by atoms with van der Waals surface area (Å²) in [5, 5.41) is 21.2.